The van der Waals surface area contributed by atoms with Gasteiger partial charge in [-0.1, -0.05) is 20.8 Å². The molecule has 106 valence electrons. The molecule has 18 heavy (non-hydrogen) atoms. The minimum atomic E-state index is -0.121. The van der Waals surface area contributed by atoms with Crippen LogP contribution >= 0.6 is 0 Å². The van der Waals surface area contributed by atoms with E-state index in [-0.39, 0.29) is 11.9 Å². The molecule has 0 spiro atoms. The van der Waals surface area contributed by atoms with Gasteiger partial charge in [-0.3, -0.25) is 4.79 Å². The Hall–Kier alpha value is -0.610. The highest BCUT2D eigenvalue weighted by molar-refractivity contribution is 5.81. The van der Waals surface area contributed by atoms with E-state index in [1.54, 1.807) is 0 Å². The van der Waals surface area contributed by atoms with Crippen LogP contribution in [0.5, 0.6) is 0 Å². The molecule has 0 aromatic heterocycles. The molecule has 1 amide bonds. The Labute approximate surface area is 111 Å². The second-order valence-electron chi connectivity index (χ2n) is 5.65. The van der Waals surface area contributed by atoms with Gasteiger partial charge in [0.2, 0.25) is 5.91 Å². The molecule has 3 unspecified atom stereocenters. The predicted molar refractivity (Wildman–Crippen MR) is 73.5 cm³/mol. The zero-order valence-corrected chi connectivity index (χ0v) is 12.2. The summed E-state index contributed by atoms with van der Waals surface area (Å²) in [5.41, 5.74) is 0. The van der Waals surface area contributed by atoms with Crippen LogP contribution in [0.1, 0.15) is 47.0 Å². The molecule has 3 atom stereocenters. The van der Waals surface area contributed by atoms with Gasteiger partial charge in [0.1, 0.15) is 0 Å². The molecule has 1 heterocycles. The van der Waals surface area contributed by atoms with Crippen molar-refractivity contribution in [3.63, 3.8) is 0 Å². The molecule has 1 aliphatic heterocycles. The van der Waals surface area contributed by atoms with Crippen LogP contribution in [0, 0.1) is 5.92 Å². The Morgan fingerprint density at radius 1 is 1.39 bits per heavy atom. The number of carbonyl (C=O) groups excluding carboxylic acids is 1. The molecule has 2 N–H and O–H groups in total. The van der Waals surface area contributed by atoms with Crippen molar-refractivity contribution in [3.05, 3.63) is 0 Å². The normalized spacial score (nSPS) is 26.1. The van der Waals surface area contributed by atoms with Crippen molar-refractivity contribution in [1.29, 1.82) is 0 Å². The maximum absolute atomic E-state index is 11.9. The van der Waals surface area contributed by atoms with Gasteiger partial charge in [-0.2, -0.15) is 0 Å². The van der Waals surface area contributed by atoms with Crippen LogP contribution in [0.3, 0.4) is 0 Å². The second kappa shape index (κ2) is 7.74. The summed E-state index contributed by atoms with van der Waals surface area (Å²) in [7, 11) is 0. The van der Waals surface area contributed by atoms with Crippen LogP contribution in [0.2, 0.25) is 0 Å². The summed E-state index contributed by atoms with van der Waals surface area (Å²) in [5, 5.41) is 6.38. The number of carbonyl (C=O) groups is 1. The second-order valence-corrected chi connectivity index (χ2v) is 5.65. The van der Waals surface area contributed by atoms with Crippen molar-refractivity contribution in [3.8, 4) is 0 Å². The first-order chi connectivity index (χ1) is 8.52. The number of rotatable bonds is 6. The Bertz CT molecular complexity index is 256. The molecule has 0 radical (unpaired) electrons. The number of hydrogen-bond acceptors (Lipinski definition) is 3. The van der Waals surface area contributed by atoms with Crippen LogP contribution in [0.4, 0.5) is 0 Å². The number of ether oxygens (including phenoxy) is 1. The van der Waals surface area contributed by atoms with Crippen LogP contribution in [-0.4, -0.2) is 37.2 Å². The highest BCUT2D eigenvalue weighted by atomic mass is 16.5. The predicted octanol–water partition coefficient (Wildman–Crippen LogP) is 1.69. The molecular formula is C14H28N2O2. The van der Waals surface area contributed by atoms with Gasteiger partial charge in [0.15, 0.2) is 0 Å². The van der Waals surface area contributed by atoms with E-state index in [1.165, 1.54) is 0 Å². The van der Waals surface area contributed by atoms with Crippen molar-refractivity contribution in [2.45, 2.75) is 65.1 Å². The van der Waals surface area contributed by atoms with E-state index in [4.69, 9.17) is 4.74 Å². The molecule has 0 saturated carbocycles. The fourth-order valence-corrected chi connectivity index (χ4v) is 2.20. The summed E-state index contributed by atoms with van der Waals surface area (Å²) in [6.45, 7) is 9.83. The fraction of sp³-hybridized carbons (Fsp3) is 0.929. The molecule has 4 nitrogen and oxygen atoms in total. The molecule has 1 aliphatic rings. The quantitative estimate of drug-likeness (QED) is 0.760. The van der Waals surface area contributed by atoms with Gasteiger partial charge in [-0.15, -0.1) is 0 Å². The average molecular weight is 256 g/mol. The molecule has 0 aromatic rings. The largest absolute Gasteiger partial charge is 0.378 e. The van der Waals surface area contributed by atoms with E-state index in [0.29, 0.717) is 18.1 Å². The SMILES string of the molecule is CCC1CC(NC(C)C(=O)NCC(C)C)CCO1. The molecular weight excluding hydrogens is 228 g/mol. The Morgan fingerprint density at radius 3 is 2.72 bits per heavy atom. The minimum Gasteiger partial charge on any atom is -0.378 e. The third-order valence-electron chi connectivity index (χ3n) is 3.39. The molecule has 0 aliphatic carbocycles. The smallest absolute Gasteiger partial charge is 0.236 e. The van der Waals surface area contributed by atoms with Crippen LogP contribution in [-0.2, 0) is 9.53 Å². The summed E-state index contributed by atoms with van der Waals surface area (Å²) in [6, 6.07) is 0.285. The molecule has 0 bridgehead atoms. The summed E-state index contributed by atoms with van der Waals surface area (Å²) < 4.78 is 5.64. The first kappa shape index (κ1) is 15.4. The van der Waals surface area contributed by atoms with E-state index in [2.05, 4.69) is 31.4 Å². The van der Waals surface area contributed by atoms with E-state index >= 15 is 0 Å². The van der Waals surface area contributed by atoms with E-state index < -0.39 is 0 Å². The van der Waals surface area contributed by atoms with Crippen molar-refractivity contribution >= 4 is 5.91 Å². The zero-order valence-electron chi connectivity index (χ0n) is 12.2. The monoisotopic (exact) mass is 256 g/mol. The Kier molecular flexibility index (Phi) is 6.65. The van der Waals surface area contributed by atoms with Crippen molar-refractivity contribution in [2.24, 2.45) is 5.92 Å². The van der Waals surface area contributed by atoms with Gasteiger partial charge < -0.3 is 15.4 Å². The maximum Gasteiger partial charge on any atom is 0.236 e. The third-order valence-corrected chi connectivity index (χ3v) is 3.39. The van der Waals surface area contributed by atoms with E-state index in [9.17, 15) is 4.79 Å². The first-order valence-electron chi connectivity index (χ1n) is 7.18. The van der Waals surface area contributed by atoms with Gasteiger partial charge in [-0.25, -0.2) is 0 Å². The van der Waals surface area contributed by atoms with Gasteiger partial charge >= 0.3 is 0 Å². The molecule has 1 fully saturated rings. The Morgan fingerprint density at radius 2 is 2.11 bits per heavy atom. The van der Waals surface area contributed by atoms with Crippen LogP contribution < -0.4 is 10.6 Å². The van der Waals surface area contributed by atoms with Gasteiger partial charge in [0.05, 0.1) is 12.1 Å². The van der Waals surface area contributed by atoms with Crippen LogP contribution in [0.15, 0.2) is 0 Å². The molecule has 1 saturated heterocycles. The summed E-state index contributed by atoms with van der Waals surface area (Å²) in [4.78, 5) is 11.9. The lowest BCUT2D eigenvalue weighted by molar-refractivity contribution is -0.123. The molecule has 0 aromatic carbocycles. The molecule has 1 rings (SSSR count). The summed E-state index contributed by atoms with van der Waals surface area (Å²) in [5.74, 6) is 0.594. The average Bonchev–Trinajstić information content (AvgIpc) is 2.36. The third kappa shape index (κ3) is 5.36. The highest BCUT2D eigenvalue weighted by Gasteiger charge is 2.24. The van der Waals surface area contributed by atoms with Crippen LogP contribution in [0.25, 0.3) is 0 Å². The van der Waals surface area contributed by atoms with Crippen molar-refractivity contribution in [1.82, 2.24) is 10.6 Å². The van der Waals surface area contributed by atoms with Crippen molar-refractivity contribution < 1.29 is 9.53 Å². The minimum absolute atomic E-state index is 0.100. The van der Waals surface area contributed by atoms with Gasteiger partial charge in [0, 0.05) is 19.2 Å². The number of hydrogen-bond donors (Lipinski definition) is 2. The highest BCUT2D eigenvalue weighted by Crippen LogP contribution is 2.16. The number of nitrogens with one attached hydrogen (secondary N) is 2. The zero-order chi connectivity index (χ0) is 13.5. The summed E-state index contributed by atoms with van der Waals surface area (Å²) in [6.07, 6.45) is 3.41. The van der Waals surface area contributed by atoms with E-state index in [0.717, 1.165) is 32.4 Å². The van der Waals surface area contributed by atoms with E-state index in [1.807, 2.05) is 6.92 Å². The topological polar surface area (TPSA) is 50.4 Å². The Balaban J connectivity index is 2.29. The van der Waals surface area contributed by atoms with Gasteiger partial charge in [0.25, 0.3) is 0 Å². The van der Waals surface area contributed by atoms with Crippen molar-refractivity contribution in [2.75, 3.05) is 13.2 Å². The fourth-order valence-electron chi connectivity index (χ4n) is 2.20. The summed E-state index contributed by atoms with van der Waals surface area (Å²) >= 11 is 0. The maximum atomic E-state index is 11.9. The van der Waals surface area contributed by atoms with Gasteiger partial charge in [-0.05, 0) is 32.1 Å². The standard InChI is InChI=1S/C14H28N2O2/c1-5-13-8-12(6-7-18-13)16-11(4)14(17)15-9-10(2)3/h10-13,16H,5-9H2,1-4H3,(H,15,17). The lowest BCUT2D eigenvalue weighted by atomic mass is 10.0. The first-order valence-corrected chi connectivity index (χ1v) is 7.18. The molecule has 4 heteroatoms. The number of amides is 1. The lowest BCUT2D eigenvalue weighted by Gasteiger charge is -2.31. The lowest BCUT2D eigenvalue weighted by Crippen LogP contribution is -2.49.